The van der Waals surface area contributed by atoms with Gasteiger partial charge in [-0.1, -0.05) is 12.2 Å². The molecule has 0 fully saturated rings. The highest BCUT2D eigenvalue weighted by Gasteiger charge is 2.14. The van der Waals surface area contributed by atoms with Gasteiger partial charge >= 0.3 is 0 Å². The smallest absolute Gasteiger partial charge is 0.152 e. The molecule has 0 amide bonds. The Labute approximate surface area is 63.1 Å². The van der Waals surface area contributed by atoms with E-state index in [1.54, 1.807) is 0 Å². The molecule has 0 saturated heterocycles. The van der Waals surface area contributed by atoms with Gasteiger partial charge in [0.1, 0.15) is 13.8 Å². The normalized spacial score (nSPS) is 20.5. The topological polar surface area (TPSA) is 3.01 Å². The fraction of sp³-hybridized carbons (Fsp3) is 0.667. The molecule has 1 aliphatic carbocycles. The number of allylic oxidation sites excluding steroid dienone is 2. The van der Waals surface area contributed by atoms with E-state index < -0.39 is 0 Å². The van der Waals surface area contributed by atoms with Gasteiger partial charge in [-0.05, 0) is 12.8 Å². The molecule has 0 aromatic heterocycles. The molecule has 0 bridgehead atoms. The van der Waals surface area contributed by atoms with E-state index in [0.29, 0.717) is 6.04 Å². The second kappa shape index (κ2) is 3.55. The van der Waals surface area contributed by atoms with Crippen LogP contribution in [-0.4, -0.2) is 24.4 Å². The molecule has 0 atom stereocenters. The van der Waals surface area contributed by atoms with E-state index in [9.17, 15) is 0 Å². The minimum Gasteiger partial charge on any atom is -0.242 e. The Morgan fingerprint density at radius 1 is 1.30 bits per heavy atom. The molecule has 0 aliphatic heterocycles. The molecule has 1 nitrogen and oxygen atoms in total. The largest absolute Gasteiger partial charge is 0.242 e. The Balaban J connectivity index is 2.41. The summed E-state index contributed by atoms with van der Waals surface area (Å²) in [7, 11) is 2.07. The van der Waals surface area contributed by atoms with Crippen molar-refractivity contribution in [2.24, 2.45) is 0 Å². The Hall–Kier alpha value is -0.590. The second-order valence-corrected chi connectivity index (χ2v) is 3.04. The maximum Gasteiger partial charge on any atom is 0.152 e. The SMILES string of the molecule is C=[N+](C)C1CCC=CCC1. The molecule has 0 heterocycles. The van der Waals surface area contributed by atoms with Crippen molar-refractivity contribution in [3.63, 3.8) is 0 Å². The molecule has 1 heteroatoms. The third-order valence-corrected chi connectivity index (χ3v) is 2.12. The maximum absolute atomic E-state index is 3.91. The minimum absolute atomic E-state index is 0.704. The predicted octanol–water partition coefficient (Wildman–Crippen LogP) is 1.83. The lowest BCUT2D eigenvalue weighted by atomic mass is 10.1. The van der Waals surface area contributed by atoms with Crippen LogP contribution in [0.25, 0.3) is 0 Å². The summed E-state index contributed by atoms with van der Waals surface area (Å²) in [4.78, 5) is 0. The van der Waals surface area contributed by atoms with Crippen LogP contribution in [-0.2, 0) is 0 Å². The number of hydrogen-bond donors (Lipinski definition) is 0. The van der Waals surface area contributed by atoms with Crippen molar-refractivity contribution in [3.05, 3.63) is 12.2 Å². The molecule has 0 spiro atoms. The van der Waals surface area contributed by atoms with Crippen LogP contribution in [0.1, 0.15) is 25.7 Å². The summed E-state index contributed by atoms with van der Waals surface area (Å²) in [5.74, 6) is 0. The molecular weight excluding hydrogens is 122 g/mol. The number of rotatable bonds is 1. The van der Waals surface area contributed by atoms with Gasteiger partial charge in [0.25, 0.3) is 0 Å². The highest BCUT2D eigenvalue weighted by molar-refractivity contribution is 5.14. The molecular formula is C9H16N+. The van der Waals surface area contributed by atoms with Crippen LogP contribution in [0.2, 0.25) is 0 Å². The van der Waals surface area contributed by atoms with Gasteiger partial charge in [-0.3, -0.25) is 0 Å². The lowest BCUT2D eigenvalue weighted by molar-refractivity contribution is -0.531. The van der Waals surface area contributed by atoms with E-state index in [2.05, 4.69) is 30.5 Å². The van der Waals surface area contributed by atoms with Crippen molar-refractivity contribution in [2.45, 2.75) is 31.7 Å². The van der Waals surface area contributed by atoms with Crippen molar-refractivity contribution in [2.75, 3.05) is 7.05 Å². The first-order valence-electron chi connectivity index (χ1n) is 3.99. The molecule has 56 valence electrons. The van der Waals surface area contributed by atoms with Crippen LogP contribution in [0.15, 0.2) is 12.2 Å². The van der Waals surface area contributed by atoms with Gasteiger partial charge in [-0.15, -0.1) is 0 Å². The van der Waals surface area contributed by atoms with E-state index in [1.807, 2.05) is 0 Å². The molecule has 0 aromatic carbocycles. The van der Waals surface area contributed by atoms with Crippen LogP contribution < -0.4 is 0 Å². The van der Waals surface area contributed by atoms with Crippen LogP contribution >= 0.6 is 0 Å². The van der Waals surface area contributed by atoms with Gasteiger partial charge < -0.3 is 0 Å². The van der Waals surface area contributed by atoms with Crippen LogP contribution in [0.4, 0.5) is 0 Å². The number of nitrogens with zero attached hydrogens (tertiary/aromatic N) is 1. The zero-order valence-electron chi connectivity index (χ0n) is 6.71. The van der Waals surface area contributed by atoms with E-state index in [-0.39, 0.29) is 0 Å². The lowest BCUT2D eigenvalue weighted by Crippen LogP contribution is -2.20. The van der Waals surface area contributed by atoms with Crippen LogP contribution in [0.5, 0.6) is 0 Å². The van der Waals surface area contributed by atoms with Gasteiger partial charge in [-0.25, -0.2) is 4.58 Å². The molecule has 0 N–H and O–H groups in total. The van der Waals surface area contributed by atoms with E-state index in [4.69, 9.17) is 0 Å². The van der Waals surface area contributed by atoms with Gasteiger partial charge in [0.15, 0.2) is 6.04 Å². The first-order valence-corrected chi connectivity index (χ1v) is 3.99. The monoisotopic (exact) mass is 138 g/mol. The summed E-state index contributed by atoms with van der Waals surface area (Å²) in [6.45, 7) is 3.91. The Bertz CT molecular complexity index is 137. The van der Waals surface area contributed by atoms with Crippen molar-refractivity contribution >= 4 is 6.72 Å². The van der Waals surface area contributed by atoms with Crippen LogP contribution in [0.3, 0.4) is 0 Å². The van der Waals surface area contributed by atoms with Crippen molar-refractivity contribution in [1.29, 1.82) is 0 Å². The zero-order chi connectivity index (χ0) is 7.40. The van der Waals surface area contributed by atoms with E-state index in [0.717, 1.165) is 0 Å². The minimum atomic E-state index is 0.704. The third-order valence-electron chi connectivity index (χ3n) is 2.12. The standard InChI is InChI=1S/C9H16N/c1-10(2)9-7-5-3-4-6-8-9/h3-4,9H,1,5-8H2,2H3/q+1. The quantitative estimate of drug-likeness (QED) is 0.295. The lowest BCUT2D eigenvalue weighted by Gasteiger charge is -2.07. The van der Waals surface area contributed by atoms with Gasteiger partial charge in [0, 0.05) is 12.8 Å². The Kier molecular flexibility index (Phi) is 2.67. The second-order valence-electron chi connectivity index (χ2n) is 3.04. The molecule has 1 rings (SSSR count). The van der Waals surface area contributed by atoms with E-state index in [1.165, 1.54) is 25.7 Å². The third kappa shape index (κ3) is 1.98. The molecule has 1 aliphatic rings. The first-order chi connectivity index (χ1) is 4.80. The fourth-order valence-electron chi connectivity index (χ4n) is 1.40. The molecule has 10 heavy (non-hydrogen) atoms. The molecule has 0 aromatic rings. The number of hydrogen-bond acceptors (Lipinski definition) is 0. The van der Waals surface area contributed by atoms with Crippen molar-refractivity contribution in [3.8, 4) is 0 Å². The maximum atomic E-state index is 3.91. The zero-order valence-corrected chi connectivity index (χ0v) is 6.71. The predicted molar refractivity (Wildman–Crippen MR) is 44.7 cm³/mol. The first kappa shape index (κ1) is 7.52. The summed E-state index contributed by atoms with van der Waals surface area (Å²) < 4.78 is 2.09. The average molecular weight is 138 g/mol. The van der Waals surface area contributed by atoms with E-state index >= 15 is 0 Å². The summed E-state index contributed by atoms with van der Waals surface area (Å²) in [5, 5.41) is 0. The highest BCUT2D eigenvalue weighted by atomic mass is 15.0. The summed E-state index contributed by atoms with van der Waals surface area (Å²) >= 11 is 0. The van der Waals surface area contributed by atoms with Crippen LogP contribution in [0, 0.1) is 0 Å². The molecule has 0 saturated carbocycles. The highest BCUT2D eigenvalue weighted by Crippen LogP contribution is 2.12. The fourth-order valence-corrected chi connectivity index (χ4v) is 1.40. The Morgan fingerprint density at radius 3 is 2.20 bits per heavy atom. The summed E-state index contributed by atoms with van der Waals surface area (Å²) in [6.07, 6.45) is 9.56. The summed E-state index contributed by atoms with van der Waals surface area (Å²) in [5.41, 5.74) is 0. The average Bonchev–Trinajstić information content (AvgIpc) is 2.12. The summed E-state index contributed by atoms with van der Waals surface area (Å²) in [6, 6.07) is 0.704. The van der Waals surface area contributed by atoms with Gasteiger partial charge in [0.05, 0.1) is 0 Å². The Morgan fingerprint density at radius 2 is 1.80 bits per heavy atom. The van der Waals surface area contributed by atoms with Gasteiger partial charge in [-0.2, -0.15) is 0 Å². The van der Waals surface area contributed by atoms with Crippen molar-refractivity contribution < 1.29 is 4.58 Å². The van der Waals surface area contributed by atoms with Gasteiger partial charge in [0.2, 0.25) is 0 Å². The molecule has 0 unspecified atom stereocenters. The van der Waals surface area contributed by atoms with Crippen molar-refractivity contribution in [1.82, 2.24) is 0 Å². The molecule has 0 radical (unpaired) electrons.